The normalized spacial score (nSPS) is 20.1. The monoisotopic (exact) mass is 340 g/mol. The van der Waals surface area contributed by atoms with Crippen molar-refractivity contribution < 1.29 is 0 Å². The Bertz CT molecular complexity index is 950. The zero-order valence-electron chi connectivity index (χ0n) is 16.8. The van der Waals surface area contributed by atoms with Crippen molar-refractivity contribution in [3.05, 3.63) is 98.7 Å². The molecular weight excluding hydrogens is 312 g/mol. The molecule has 0 fully saturated rings. The van der Waals surface area contributed by atoms with Gasteiger partial charge in [-0.05, 0) is 75.0 Å². The number of hydrogen-bond donors (Lipinski definition) is 0. The van der Waals surface area contributed by atoms with Gasteiger partial charge in [-0.2, -0.15) is 0 Å². The highest BCUT2D eigenvalue weighted by Gasteiger charge is 2.35. The molecule has 132 valence electrons. The van der Waals surface area contributed by atoms with Crippen LogP contribution in [0.4, 0.5) is 0 Å². The fourth-order valence-electron chi connectivity index (χ4n) is 4.97. The quantitative estimate of drug-likeness (QED) is 0.545. The Morgan fingerprint density at radius 1 is 0.692 bits per heavy atom. The first-order valence-electron chi connectivity index (χ1n) is 9.63. The van der Waals surface area contributed by atoms with Crippen LogP contribution in [0.15, 0.2) is 70.8 Å². The molecule has 0 bridgehead atoms. The van der Waals surface area contributed by atoms with Crippen molar-refractivity contribution in [1.82, 2.24) is 0 Å². The molecule has 0 aromatic heterocycles. The van der Waals surface area contributed by atoms with Crippen molar-refractivity contribution in [2.45, 2.75) is 47.5 Å². The summed E-state index contributed by atoms with van der Waals surface area (Å²) in [6.45, 7) is 13.6. The van der Waals surface area contributed by atoms with E-state index in [1.54, 1.807) is 0 Å². The minimum absolute atomic E-state index is 0.439. The summed E-state index contributed by atoms with van der Waals surface area (Å²) in [6.07, 6.45) is 2.53. The first-order valence-corrected chi connectivity index (χ1v) is 9.63. The van der Waals surface area contributed by atoms with Crippen molar-refractivity contribution in [3.8, 4) is 0 Å². The van der Waals surface area contributed by atoms with E-state index in [2.05, 4.69) is 90.1 Å². The number of fused-ring (bicyclic) bond motifs is 1. The van der Waals surface area contributed by atoms with E-state index in [-0.39, 0.29) is 0 Å². The van der Waals surface area contributed by atoms with E-state index in [0.29, 0.717) is 11.8 Å². The number of benzene rings is 2. The fraction of sp³-hybridized carbons (Fsp3) is 0.308. The zero-order valence-corrected chi connectivity index (χ0v) is 16.8. The van der Waals surface area contributed by atoms with Gasteiger partial charge in [-0.3, -0.25) is 0 Å². The van der Waals surface area contributed by atoms with Crippen molar-refractivity contribution in [2.24, 2.45) is 5.92 Å². The molecule has 2 aromatic rings. The van der Waals surface area contributed by atoms with Crippen LogP contribution in [0.3, 0.4) is 0 Å². The van der Waals surface area contributed by atoms with Crippen LogP contribution in [-0.2, 0) is 0 Å². The molecule has 0 aliphatic heterocycles. The Hall–Kier alpha value is -2.34. The van der Waals surface area contributed by atoms with Crippen molar-refractivity contribution >= 4 is 5.57 Å². The van der Waals surface area contributed by atoms with Gasteiger partial charge in [0.05, 0.1) is 0 Å². The van der Waals surface area contributed by atoms with E-state index in [9.17, 15) is 0 Å². The highest BCUT2D eigenvalue weighted by atomic mass is 14.4. The van der Waals surface area contributed by atoms with Crippen molar-refractivity contribution in [2.75, 3.05) is 0 Å². The minimum Gasteiger partial charge on any atom is -0.0676 e. The van der Waals surface area contributed by atoms with Gasteiger partial charge in [0.25, 0.3) is 0 Å². The average Bonchev–Trinajstić information content (AvgIpc) is 3.06. The maximum absolute atomic E-state index is 2.53. The highest BCUT2D eigenvalue weighted by Crippen LogP contribution is 2.51. The Kier molecular flexibility index (Phi) is 4.03. The Morgan fingerprint density at radius 3 is 1.88 bits per heavy atom. The minimum atomic E-state index is 0.439. The van der Waals surface area contributed by atoms with E-state index in [1.807, 2.05) is 0 Å². The third-order valence-electron chi connectivity index (χ3n) is 6.53. The molecule has 0 amide bonds. The van der Waals surface area contributed by atoms with Crippen LogP contribution < -0.4 is 0 Å². The first-order chi connectivity index (χ1) is 12.4. The topological polar surface area (TPSA) is 0 Å². The summed E-state index contributed by atoms with van der Waals surface area (Å²) in [5.74, 6) is 0.939. The molecule has 0 spiro atoms. The molecule has 0 radical (unpaired) electrons. The lowest BCUT2D eigenvalue weighted by Crippen LogP contribution is -2.11. The van der Waals surface area contributed by atoms with E-state index in [4.69, 9.17) is 0 Å². The molecule has 26 heavy (non-hydrogen) atoms. The van der Waals surface area contributed by atoms with Crippen LogP contribution in [0.25, 0.3) is 5.57 Å². The summed E-state index contributed by atoms with van der Waals surface area (Å²) < 4.78 is 0. The molecule has 2 aliphatic rings. The van der Waals surface area contributed by atoms with Gasteiger partial charge in [0, 0.05) is 11.8 Å². The molecule has 4 rings (SSSR count). The molecule has 0 heteroatoms. The largest absolute Gasteiger partial charge is 0.0676 e. The third-order valence-corrected chi connectivity index (χ3v) is 6.53. The summed E-state index contributed by atoms with van der Waals surface area (Å²) in [5.41, 5.74) is 14.4. The molecule has 0 nitrogen and oxygen atoms in total. The SMILES string of the molecule is CC1=C(C)C(C2C=C(c3cc(C)cc(C)c3)c3ccccc32)C(C)=C1C. The fourth-order valence-corrected chi connectivity index (χ4v) is 4.97. The van der Waals surface area contributed by atoms with Crippen LogP contribution in [0, 0.1) is 19.8 Å². The van der Waals surface area contributed by atoms with Crippen LogP contribution in [0.5, 0.6) is 0 Å². The maximum Gasteiger partial charge on any atom is 0.0137 e. The Morgan fingerprint density at radius 2 is 1.27 bits per heavy atom. The molecule has 0 N–H and O–H groups in total. The molecule has 0 heterocycles. The van der Waals surface area contributed by atoms with Crippen molar-refractivity contribution in [1.29, 1.82) is 0 Å². The van der Waals surface area contributed by atoms with Gasteiger partial charge in [-0.15, -0.1) is 0 Å². The highest BCUT2D eigenvalue weighted by molar-refractivity contribution is 5.86. The molecule has 1 atom stereocenters. The van der Waals surface area contributed by atoms with Gasteiger partial charge in [-0.25, -0.2) is 0 Å². The summed E-state index contributed by atoms with van der Waals surface area (Å²) in [5, 5.41) is 0. The predicted molar refractivity (Wildman–Crippen MR) is 112 cm³/mol. The smallest absolute Gasteiger partial charge is 0.0137 e. The molecule has 2 aromatic carbocycles. The summed E-state index contributed by atoms with van der Waals surface area (Å²) in [6, 6.07) is 15.9. The second kappa shape index (κ2) is 6.13. The number of aryl methyl sites for hydroxylation is 2. The molecule has 0 saturated heterocycles. The Balaban J connectivity index is 1.89. The van der Waals surface area contributed by atoms with Gasteiger partial charge < -0.3 is 0 Å². The van der Waals surface area contributed by atoms with Crippen molar-refractivity contribution in [3.63, 3.8) is 0 Å². The first kappa shape index (κ1) is 17.1. The predicted octanol–water partition coefficient (Wildman–Crippen LogP) is 7.13. The molecule has 1 unspecified atom stereocenters. The zero-order chi connectivity index (χ0) is 18.6. The second-order valence-electron chi connectivity index (χ2n) is 8.16. The lowest BCUT2D eigenvalue weighted by atomic mass is 9.81. The number of rotatable bonds is 2. The van der Waals surface area contributed by atoms with Gasteiger partial charge in [0.1, 0.15) is 0 Å². The van der Waals surface area contributed by atoms with Gasteiger partial charge in [-0.1, -0.05) is 70.8 Å². The molecule has 2 aliphatic carbocycles. The lowest BCUT2D eigenvalue weighted by Gasteiger charge is -2.23. The number of allylic oxidation sites excluding steroid dienone is 5. The Labute approximate surface area is 158 Å². The van der Waals surface area contributed by atoms with Crippen LogP contribution in [0.2, 0.25) is 0 Å². The molecule has 0 saturated carbocycles. The summed E-state index contributed by atoms with van der Waals surface area (Å²) >= 11 is 0. The van der Waals surface area contributed by atoms with E-state index in [1.165, 1.54) is 55.7 Å². The van der Waals surface area contributed by atoms with Crippen LogP contribution in [-0.4, -0.2) is 0 Å². The summed E-state index contributed by atoms with van der Waals surface area (Å²) in [7, 11) is 0. The van der Waals surface area contributed by atoms with Crippen LogP contribution in [0.1, 0.15) is 61.4 Å². The van der Waals surface area contributed by atoms with Gasteiger partial charge >= 0.3 is 0 Å². The molecular formula is C26H28. The maximum atomic E-state index is 2.53. The lowest BCUT2D eigenvalue weighted by molar-refractivity contribution is 0.648. The van der Waals surface area contributed by atoms with E-state index in [0.717, 1.165) is 0 Å². The average molecular weight is 341 g/mol. The van der Waals surface area contributed by atoms with Gasteiger partial charge in [0.15, 0.2) is 0 Å². The van der Waals surface area contributed by atoms with Gasteiger partial charge in [0.2, 0.25) is 0 Å². The summed E-state index contributed by atoms with van der Waals surface area (Å²) in [4.78, 5) is 0. The second-order valence-corrected chi connectivity index (χ2v) is 8.16. The van der Waals surface area contributed by atoms with E-state index < -0.39 is 0 Å². The van der Waals surface area contributed by atoms with Crippen LogP contribution >= 0.6 is 0 Å². The third kappa shape index (κ3) is 2.51. The number of hydrogen-bond acceptors (Lipinski definition) is 0. The van der Waals surface area contributed by atoms with E-state index >= 15 is 0 Å². The standard InChI is InChI=1S/C26H28/c1-15-11-16(2)13-21(12-15)24-14-25(23-10-8-7-9-22(23)24)26-19(5)17(3)18(4)20(26)6/h7-14,25-26H,1-6H3.